The van der Waals surface area contributed by atoms with E-state index in [4.69, 9.17) is 27.9 Å². The van der Waals surface area contributed by atoms with Gasteiger partial charge in [0, 0.05) is 27.7 Å². The molecule has 0 aliphatic rings. The summed E-state index contributed by atoms with van der Waals surface area (Å²) >= 11 is 12.2. The van der Waals surface area contributed by atoms with Crippen molar-refractivity contribution in [1.29, 1.82) is 0 Å². The van der Waals surface area contributed by atoms with Gasteiger partial charge >= 0.3 is 29.6 Å². The fourth-order valence-electron chi connectivity index (χ4n) is 3.87. The van der Waals surface area contributed by atoms with E-state index >= 15 is 0 Å². The van der Waals surface area contributed by atoms with Crippen LogP contribution in [-0.4, -0.2) is 25.5 Å². The Morgan fingerprint density at radius 3 is 2.46 bits per heavy atom. The molecule has 0 bridgehead atoms. The third kappa shape index (κ3) is 7.09. The number of amides is 1. The summed E-state index contributed by atoms with van der Waals surface area (Å²) < 4.78 is 38.0. The predicted molar refractivity (Wildman–Crippen MR) is 144 cm³/mol. The van der Waals surface area contributed by atoms with Gasteiger partial charge in [-0.3, -0.25) is 9.35 Å². The predicted octanol–water partition coefficient (Wildman–Crippen LogP) is 3.85. The van der Waals surface area contributed by atoms with Gasteiger partial charge in [-0.25, -0.2) is 0 Å². The van der Waals surface area contributed by atoms with E-state index in [0.29, 0.717) is 33.8 Å². The van der Waals surface area contributed by atoms with Crippen LogP contribution in [0.2, 0.25) is 10.0 Å². The number of ether oxygens (including phenoxy) is 1. The molecule has 0 heterocycles. The summed E-state index contributed by atoms with van der Waals surface area (Å²) in [5.74, 6) is -0.896. The second-order valence-corrected chi connectivity index (χ2v) is 10.3. The van der Waals surface area contributed by atoms with Crippen LogP contribution in [0.5, 0.6) is 11.5 Å². The summed E-state index contributed by atoms with van der Waals surface area (Å²) in [6.45, 7) is 3.65. The largest absolute Gasteiger partial charge is 1.00 e. The number of carbonyl (C=O) groups excluding carboxylic acids is 1. The average Bonchev–Trinajstić information content (AvgIpc) is 2.81. The summed E-state index contributed by atoms with van der Waals surface area (Å²) in [6, 6.07) is 15.6. The number of fused-ring (bicyclic) bond motifs is 1. The Balaban J connectivity index is 0.00000420. The van der Waals surface area contributed by atoms with Gasteiger partial charge in [0.15, 0.2) is 0 Å². The van der Waals surface area contributed by atoms with E-state index in [1.807, 2.05) is 6.92 Å². The van der Waals surface area contributed by atoms with Crippen molar-refractivity contribution in [1.82, 2.24) is 0 Å². The Morgan fingerprint density at radius 1 is 1.08 bits per heavy atom. The first-order valence-electron chi connectivity index (χ1n) is 11.1. The van der Waals surface area contributed by atoms with E-state index in [1.165, 1.54) is 31.2 Å². The van der Waals surface area contributed by atoms with Crippen molar-refractivity contribution in [2.24, 2.45) is 10.2 Å². The maximum atomic E-state index is 13.4. The molecule has 9 nitrogen and oxygen atoms in total. The van der Waals surface area contributed by atoms with Gasteiger partial charge in [-0.05, 0) is 55.1 Å². The molecule has 0 atom stereocenters. The Labute approximate surface area is 256 Å². The van der Waals surface area contributed by atoms with E-state index in [0.717, 1.165) is 0 Å². The van der Waals surface area contributed by atoms with Crippen LogP contribution in [0.4, 0.5) is 17.1 Å². The molecule has 4 aromatic rings. The number of benzene rings is 4. The first-order chi connectivity index (χ1) is 18.0. The van der Waals surface area contributed by atoms with Gasteiger partial charge in [0.2, 0.25) is 0 Å². The number of rotatable bonds is 7. The average molecular weight is 596 g/mol. The third-order valence-corrected chi connectivity index (χ3v) is 7.08. The smallest absolute Gasteiger partial charge is 0.870 e. The molecule has 39 heavy (non-hydrogen) atoms. The zero-order valence-electron chi connectivity index (χ0n) is 21.0. The van der Waals surface area contributed by atoms with Gasteiger partial charge < -0.3 is 15.2 Å². The number of halogens is 2. The van der Waals surface area contributed by atoms with Crippen LogP contribution in [-0.2, 0) is 10.1 Å². The normalized spacial score (nSPS) is 11.4. The maximum Gasteiger partial charge on any atom is 1.00 e. The molecule has 0 aliphatic carbocycles. The molecule has 0 aromatic heterocycles. The SMILES string of the molecule is CCOc1cc(Cl)cc(NC(=O)c2cc3ccccc3c(N=Nc3cc(C)c(S(=O)(=O)O)c(Cl)c3)c2[O-])c1.[Na+]. The van der Waals surface area contributed by atoms with Crippen molar-refractivity contribution < 1.29 is 57.2 Å². The van der Waals surface area contributed by atoms with Crippen LogP contribution >= 0.6 is 23.2 Å². The fourth-order valence-corrected chi connectivity index (χ4v) is 5.42. The van der Waals surface area contributed by atoms with Crippen molar-refractivity contribution in [3.63, 3.8) is 0 Å². The Morgan fingerprint density at radius 2 is 1.79 bits per heavy atom. The molecule has 0 unspecified atom stereocenters. The molecule has 4 aromatic carbocycles. The summed E-state index contributed by atoms with van der Waals surface area (Å²) in [7, 11) is -4.55. The number of aryl methyl sites for hydroxylation is 1. The number of carbonyl (C=O) groups is 1. The van der Waals surface area contributed by atoms with Crippen molar-refractivity contribution >= 4 is 67.1 Å². The van der Waals surface area contributed by atoms with E-state index in [-0.39, 0.29) is 57.1 Å². The molecule has 0 saturated heterocycles. The zero-order chi connectivity index (χ0) is 27.6. The quantitative estimate of drug-likeness (QED) is 0.189. The van der Waals surface area contributed by atoms with E-state index in [9.17, 15) is 22.9 Å². The van der Waals surface area contributed by atoms with Crippen LogP contribution < -0.4 is 44.7 Å². The van der Waals surface area contributed by atoms with Crippen molar-refractivity contribution in [3.05, 3.63) is 81.8 Å². The summed E-state index contributed by atoms with van der Waals surface area (Å²) in [6.07, 6.45) is 0. The summed E-state index contributed by atoms with van der Waals surface area (Å²) in [5, 5.41) is 25.3. The van der Waals surface area contributed by atoms with Gasteiger partial charge in [-0.2, -0.15) is 18.6 Å². The zero-order valence-corrected chi connectivity index (χ0v) is 25.4. The maximum absolute atomic E-state index is 13.4. The first-order valence-corrected chi connectivity index (χ1v) is 13.3. The molecule has 4 rings (SSSR count). The number of azo groups is 1. The van der Waals surface area contributed by atoms with E-state index in [2.05, 4.69) is 15.5 Å². The minimum Gasteiger partial charge on any atom is -0.870 e. The second kappa shape index (κ2) is 12.6. The van der Waals surface area contributed by atoms with E-state index in [1.54, 1.807) is 36.4 Å². The first kappa shape index (κ1) is 30.8. The van der Waals surface area contributed by atoms with Gasteiger partial charge in [0.05, 0.1) is 23.0 Å². The summed E-state index contributed by atoms with van der Waals surface area (Å²) in [5.41, 5.74) is 0.349. The topological polar surface area (TPSA) is 140 Å². The van der Waals surface area contributed by atoms with Gasteiger partial charge in [0.25, 0.3) is 16.0 Å². The number of nitrogens with zero attached hydrogens (tertiary/aromatic N) is 2. The third-order valence-electron chi connectivity index (χ3n) is 5.40. The van der Waals surface area contributed by atoms with Crippen LogP contribution in [0.15, 0.2) is 75.8 Å². The van der Waals surface area contributed by atoms with Crippen LogP contribution in [0.25, 0.3) is 10.8 Å². The Hall–Kier alpha value is -2.70. The molecular formula is C26H20Cl2N3NaO6S. The number of hydrogen-bond acceptors (Lipinski definition) is 7. The minimum absolute atomic E-state index is 0. The minimum atomic E-state index is -4.55. The molecule has 13 heteroatoms. The molecule has 196 valence electrons. The summed E-state index contributed by atoms with van der Waals surface area (Å²) in [4.78, 5) is 12.7. The molecule has 0 radical (unpaired) electrons. The van der Waals surface area contributed by atoms with E-state index < -0.39 is 26.7 Å². The number of nitrogens with one attached hydrogen (secondary N) is 1. The number of anilines is 1. The van der Waals surface area contributed by atoms with Crippen LogP contribution in [0.1, 0.15) is 22.8 Å². The van der Waals surface area contributed by atoms with Crippen molar-refractivity contribution in [3.8, 4) is 11.5 Å². The molecular weight excluding hydrogens is 576 g/mol. The Kier molecular flexibility index (Phi) is 10.0. The molecule has 2 N–H and O–H groups in total. The van der Waals surface area contributed by atoms with Gasteiger partial charge in [-0.15, -0.1) is 0 Å². The standard InChI is InChI=1S/C26H21Cl2N3O6S.Na/c1-3-37-19-11-16(27)10-17(12-19)29-26(33)21-9-15-6-4-5-7-20(15)23(24(21)32)31-30-18-8-14(2)25(22(28)13-18)38(34,35)36;/h4-13,32H,3H2,1-2H3,(H,29,33)(H,34,35,36);/q;+1/p-1. The molecule has 0 fully saturated rings. The second-order valence-electron chi connectivity index (χ2n) is 8.13. The fraction of sp³-hybridized carbons (Fsp3) is 0.115. The van der Waals surface area contributed by atoms with Crippen molar-refractivity contribution in [2.45, 2.75) is 18.7 Å². The monoisotopic (exact) mass is 595 g/mol. The molecule has 0 aliphatic heterocycles. The van der Waals surface area contributed by atoms with Gasteiger partial charge in [-0.1, -0.05) is 53.2 Å². The van der Waals surface area contributed by atoms with Crippen LogP contribution in [0.3, 0.4) is 0 Å². The van der Waals surface area contributed by atoms with Crippen LogP contribution in [0, 0.1) is 6.92 Å². The molecule has 0 saturated carbocycles. The molecule has 0 spiro atoms. The Bertz CT molecular complexity index is 1690. The number of hydrogen-bond donors (Lipinski definition) is 2. The van der Waals surface area contributed by atoms with Crippen molar-refractivity contribution in [2.75, 3.05) is 11.9 Å². The van der Waals surface area contributed by atoms with Gasteiger partial charge in [0.1, 0.15) is 10.6 Å². The molecule has 1 amide bonds.